The van der Waals surface area contributed by atoms with Crippen molar-refractivity contribution >= 4 is 17.4 Å². The van der Waals surface area contributed by atoms with E-state index in [1.165, 1.54) is 35.9 Å². The number of likely N-dealkylation sites (tertiary alicyclic amines) is 1. The highest BCUT2D eigenvalue weighted by Crippen LogP contribution is 2.28. The van der Waals surface area contributed by atoms with Crippen LogP contribution in [0.3, 0.4) is 0 Å². The summed E-state index contributed by atoms with van der Waals surface area (Å²) in [6.07, 6.45) is 4.10. The average molecular weight is 412 g/mol. The summed E-state index contributed by atoms with van der Waals surface area (Å²) in [5.74, 6) is 1.57. The Morgan fingerprint density at radius 2 is 2.03 bits per heavy atom. The van der Waals surface area contributed by atoms with Crippen LogP contribution in [-0.4, -0.2) is 38.8 Å². The molecule has 1 atom stereocenters. The van der Waals surface area contributed by atoms with Gasteiger partial charge in [-0.1, -0.05) is 26.0 Å². The van der Waals surface area contributed by atoms with Crippen molar-refractivity contribution in [2.24, 2.45) is 7.05 Å². The van der Waals surface area contributed by atoms with Gasteiger partial charge in [-0.25, -0.2) is 0 Å². The van der Waals surface area contributed by atoms with Crippen LogP contribution in [0.15, 0.2) is 57.4 Å². The number of piperidine rings is 1. The summed E-state index contributed by atoms with van der Waals surface area (Å²) in [6.45, 7) is 7.43. The van der Waals surface area contributed by atoms with Gasteiger partial charge in [0.05, 0.1) is 6.54 Å². The van der Waals surface area contributed by atoms with Gasteiger partial charge in [0.25, 0.3) is 0 Å². The molecule has 0 spiro atoms. The van der Waals surface area contributed by atoms with Crippen molar-refractivity contribution in [3.05, 3.63) is 54.0 Å². The summed E-state index contributed by atoms with van der Waals surface area (Å²) < 4.78 is 7.91. The first-order chi connectivity index (χ1) is 14.1. The molecule has 2 aromatic heterocycles. The minimum atomic E-state index is 0.469. The second kappa shape index (κ2) is 9.05. The number of nitrogens with zero attached hydrogens (tertiary/aromatic N) is 4. The average Bonchev–Trinajstić information content (AvgIpc) is 3.32. The highest BCUT2D eigenvalue weighted by Gasteiger charge is 2.21. The van der Waals surface area contributed by atoms with Crippen LogP contribution in [0.1, 0.15) is 43.9 Å². The van der Waals surface area contributed by atoms with E-state index in [0.29, 0.717) is 12.0 Å². The Morgan fingerprint density at radius 3 is 2.76 bits per heavy atom. The fourth-order valence-corrected chi connectivity index (χ4v) is 4.43. The summed E-state index contributed by atoms with van der Waals surface area (Å²) in [6, 6.07) is 13.4. The zero-order valence-electron chi connectivity index (χ0n) is 17.3. The van der Waals surface area contributed by atoms with E-state index in [9.17, 15) is 0 Å². The van der Waals surface area contributed by atoms with E-state index in [0.717, 1.165) is 35.6 Å². The molecule has 1 aromatic carbocycles. The number of aromatic nitrogens is 3. The number of hydrogen-bond acceptors (Lipinski definition) is 6. The van der Waals surface area contributed by atoms with Crippen molar-refractivity contribution < 1.29 is 4.42 Å². The van der Waals surface area contributed by atoms with E-state index < -0.39 is 0 Å². The lowest BCUT2D eigenvalue weighted by Crippen LogP contribution is -2.41. The van der Waals surface area contributed by atoms with Crippen molar-refractivity contribution in [3.63, 3.8) is 0 Å². The van der Waals surface area contributed by atoms with Gasteiger partial charge in [-0.2, -0.15) is 0 Å². The second-order valence-electron chi connectivity index (χ2n) is 8.04. The summed E-state index contributed by atoms with van der Waals surface area (Å²) in [7, 11) is 1.93. The Balaban J connectivity index is 1.31. The number of benzene rings is 1. The zero-order chi connectivity index (χ0) is 20.2. The lowest BCUT2D eigenvalue weighted by atomic mass is 10.0. The molecule has 6 nitrogen and oxygen atoms in total. The Bertz CT molecular complexity index is 917. The molecule has 1 unspecified atom stereocenters. The van der Waals surface area contributed by atoms with Crippen LogP contribution in [0, 0.1) is 0 Å². The van der Waals surface area contributed by atoms with Crippen LogP contribution in [-0.2, 0) is 13.6 Å². The molecule has 0 amide bonds. The first kappa shape index (κ1) is 20.0. The van der Waals surface area contributed by atoms with Crippen molar-refractivity contribution in [2.45, 2.75) is 55.4 Å². The van der Waals surface area contributed by atoms with Gasteiger partial charge in [-0.3, -0.25) is 4.90 Å². The van der Waals surface area contributed by atoms with Crippen LogP contribution >= 0.6 is 11.8 Å². The molecule has 3 aromatic rings. The maximum absolute atomic E-state index is 6.02. The molecular weight excluding hydrogens is 382 g/mol. The van der Waals surface area contributed by atoms with Crippen molar-refractivity contribution in [3.8, 4) is 0 Å². The van der Waals surface area contributed by atoms with Crippen LogP contribution in [0.2, 0.25) is 0 Å². The SMILES string of the molecule is CC(C)c1ccc(NC2CCCN(Cc3ccc(Sc4nncn4C)o3)C2)cc1. The molecule has 4 rings (SSSR count). The Hall–Kier alpha value is -2.25. The van der Waals surface area contributed by atoms with Gasteiger partial charge in [-0.15, -0.1) is 10.2 Å². The quantitative estimate of drug-likeness (QED) is 0.605. The van der Waals surface area contributed by atoms with E-state index in [-0.39, 0.29) is 0 Å². The maximum atomic E-state index is 6.02. The zero-order valence-corrected chi connectivity index (χ0v) is 18.2. The first-order valence-corrected chi connectivity index (χ1v) is 11.1. The van der Waals surface area contributed by atoms with E-state index in [1.807, 2.05) is 17.7 Å². The molecular formula is C22H29N5OS. The molecule has 1 saturated heterocycles. The van der Waals surface area contributed by atoms with Crippen molar-refractivity contribution in [1.29, 1.82) is 0 Å². The third-order valence-corrected chi connectivity index (χ3v) is 6.30. The van der Waals surface area contributed by atoms with E-state index >= 15 is 0 Å². The number of anilines is 1. The monoisotopic (exact) mass is 411 g/mol. The van der Waals surface area contributed by atoms with E-state index in [4.69, 9.17) is 4.42 Å². The summed E-state index contributed by atoms with van der Waals surface area (Å²) >= 11 is 1.50. The molecule has 7 heteroatoms. The lowest BCUT2D eigenvalue weighted by Gasteiger charge is -2.33. The Morgan fingerprint density at radius 1 is 1.21 bits per heavy atom. The van der Waals surface area contributed by atoms with Crippen LogP contribution in [0.4, 0.5) is 5.69 Å². The summed E-state index contributed by atoms with van der Waals surface area (Å²) in [5.41, 5.74) is 2.59. The Kier molecular flexibility index (Phi) is 6.25. The molecule has 0 radical (unpaired) electrons. The third-order valence-electron chi connectivity index (χ3n) is 5.33. The highest BCUT2D eigenvalue weighted by molar-refractivity contribution is 7.99. The van der Waals surface area contributed by atoms with Gasteiger partial charge in [0.1, 0.15) is 12.1 Å². The predicted molar refractivity (Wildman–Crippen MR) is 116 cm³/mol. The van der Waals surface area contributed by atoms with Crippen LogP contribution in [0.5, 0.6) is 0 Å². The number of rotatable bonds is 7. The van der Waals surface area contributed by atoms with E-state index in [1.54, 1.807) is 6.33 Å². The first-order valence-electron chi connectivity index (χ1n) is 10.3. The predicted octanol–water partition coefficient (Wildman–Crippen LogP) is 4.76. The minimum absolute atomic E-state index is 0.469. The molecule has 1 aliphatic heterocycles. The molecule has 3 heterocycles. The fraction of sp³-hybridized carbons (Fsp3) is 0.455. The van der Waals surface area contributed by atoms with Crippen LogP contribution in [0.25, 0.3) is 0 Å². The topological polar surface area (TPSA) is 59.1 Å². The number of hydrogen-bond donors (Lipinski definition) is 1. The van der Waals surface area contributed by atoms with Gasteiger partial charge >= 0.3 is 0 Å². The Labute approximate surface area is 176 Å². The van der Waals surface area contributed by atoms with Gasteiger partial charge in [0.2, 0.25) is 0 Å². The fourth-order valence-electron chi connectivity index (χ4n) is 3.69. The molecule has 29 heavy (non-hydrogen) atoms. The molecule has 0 saturated carbocycles. The van der Waals surface area contributed by atoms with Gasteiger partial charge in [-0.05, 0) is 66.9 Å². The normalized spacial score (nSPS) is 17.7. The van der Waals surface area contributed by atoms with Crippen molar-refractivity contribution in [2.75, 3.05) is 18.4 Å². The minimum Gasteiger partial charge on any atom is -0.453 e. The third kappa shape index (κ3) is 5.22. The second-order valence-corrected chi connectivity index (χ2v) is 9.01. The smallest absolute Gasteiger partial charge is 0.198 e. The maximum Gasteiger partial charge on any atom is 0.198 e. The largest absolute Gasteiger partial charge is 0.453 e. The summed E-state index contributed by atoms with van der Waals surface area (Å²) in [4.78, 5) is 2.47. The number of aryl methyl sites for hydroxylation is 1. The number of nitrogens with one attached hydrogen (secondary N) is 1. The molecule has 0 bridgehead atoms. The standard InChI is InChI=1S/C22H29N5OS/c1-16(2)17-6-8-18(9-7-17)24-19-5-4-12-27(13-19)14-20-10-11-21(28-20)29-22-25-23-15-26(22)3/h6-11,15-16,19,24H,4-5,12-14H2,1-3H3. The number of furan rings is 1. The summed E-state index contributed by atoms with van der Waals surface area (Å²) in [5, 5.41) is 13.4. The molecule has 1 fully saturated rings. The van der Waals surface area contributed by atoms with Crippen LogP contribution < -0.4 is 5.32 Å². The van der Waals surface area contributed by atoms with Gasteiger partial charge in [0, 0.05) is 25.3 Å². The molecule has 0 aliphatic carbocycles. The van der Waals surface area contributed by atoms with Gasteiger partial charge < -0.3 is 14.3 Å². The highest BCUT2D eigenvalue weighted by atomic mass is 32.2. The molecule has 1 aliphatic rings. The molecule has 1 N–H and O–H groups in total. The lowest BCUT2D eigenvalue weighted by molar-refractivity contribution is 0.190. The van der Waals surface area contributed by atoms with E-state index in [2.05, 4.69) is 64.6 Å². The van der Waals surface area contributed by atoms with Gasteiger partial charge in [0.15, 0.2) is 10.2 Å². The van der Waals surface area contributed by atoms with Crippen molar-refractivity contribution in [1.82, 2.24) is 19.7 Å². The molecule has 154 valence electrons.